The van der Waals surface area contributed by atoms with Crippen LogP contribution in [0.25, 0.3) is 0 Å². The fourth-order valence-electron chi connectivity index (χ4n) is 1.40. The highest BCUT2D eigenvalue weighted by Crippen LogP contribution is 2.37. The van der Waals surface area contributed by atoms with Gasteiger partial charge in [-0.2, -0.15) is 0 Å². The van der Waals surface area contributed by atoms with Crippen LogP contribution < -0.4 is 5.73 Å². The highest BCUT2D eigenvalue weighted by molar-refractivity contribution is 9.11. The van der Waals surface area contributed by atoms with Gasteiger partial charge in [-0.25, -0.2) is 0 Å². The number of hydrogen-bond acceptors (Lipinski definition) is 2. The van der Waals surface area contributed by atoms with Crippen LogP contribution in [-0.4, -0.2) is 5.11 Å². The highest BCUT2D eigenvalue weighted by Gasteiger charge is 2.18. The van der Waals surface area contributed by atoms with Crippen LogP contribution in [0.15, 0.2) is 21.1 Å². The Kier molecular flexibility index (Phi) is 6.94. The summed E-state index contributed by atoms with van der Waals surface area (Å²) in [5.74, 6) is 0.586. The average molecular weight is 374 g/mol. The topological polar surface area (TPSA) is 46.2 Å². The van der Waals surface area contributed by atoms with Gasteiger partial charge in [0.2, 0.25) is 0 Å². The molecule has 1 rings (SSSR count). The molecule has 0 aliphatic heterocycles. The molecule has 0 aliphatic carbocycles. The number of phenolic OH excluding ortho intramolecular Hbond substituents is 1. The van der Waals surface area contributed by atoms with Gasteiger partial charge in [-0.15, -0.1) is 12.4 Å². The molecule has 16 heavy (non-hydrogen) atoms. The van der Waals surface area contributed by atoms with Crippen molar-refractivity contribution in [3.05, 3.63) is 26.6 Å². The van der Waals surface area contributed by atoms with Crippen LogP contribution in [0.4, 0.5) is 0 Å². The van der Waals surface area contributed by atoms with Gasteiger partial charge in [-0.1, -0.05) is 36.2 Å². The van der Waals surface area contributed by atoms with Crippen molar-refractivity contribution in [3.8, 4) is 5.75 Å². The third-order valence-corrected chi connectivity index (χ3v) is 3.74. The fraction of sp³-hybridized carbons (Fsp3) is 0.455. The summed E-state index contributed by atoms with van der Waals surface area (Å²) in [5.41, 5.74) is 6.87. The molecule has 0 amide bonds. The van der Waals surface area contributed by atoms with Crippen LogP contribution in [0.1, 0.15) is 31.9 Å². The molecule has 0 radical (unpaired) electrons. The van der Waals surface area contributed by atoms with Crippen LogP contribution >= 0.6 is 44.3 Å². The Labute approximate surface area is 119 Å². The second-order valence-corrected chi connectivity index (χ2v) is 5.51. The zero-order valence-corrected chi connectivity index (χ0v) is 13.2. The monoisotopic (exact) mass is 371 g/mol. The van der Waals surface area contributed by atoms with Crippen molar-refractivity contribution in [2.24, 2.45) is 11.7 Å². The summed E-state index contributed by atoms with van der Waals surface area (Å²) in [6.45, 7) is 4.17. The maximum atomic E-state index is 9.89. The molecule has 0 saturated carbocycles. The molecule has 0 spiro atoms. The quantitative estimate of drug-likeness (QED) is 0.826. The zero-order chi connectivity index (χ0) is 11.6. The number of nitrogens with two attached hydrogens (primary N) is 1. The molecular formula is C11H16Br2ClNO. The number of halogens is 3. The lowest BCUT2D eigenvalue weighted by molar-refractivity contribution is 0.417. The maximum Gasteiger partial charge on any atom is 0.134 e. The van der Waals surface area contributed by atoms with E-state index in [2.05, 4.69) is 45.7 Å². The molecule has 0 aliphatic rings. The standard InChI is InChI=1S/C11H15Br2NO.ClH/c1-3-6(2)10(14)8-4-7(12)5-9(13)11(8)15;/h4-6,10,15H,3,14H2,1-2H3;1H/t6?,10-;/m0./s1. The Morgan fingerprint density at radius 3 is 2.44 bits per heavy atom. The average Bonchev–Trinajstić information content (AvgIpc) is 2.21. The van der Waals surface area contributed by atoms with E-state index in [1.54, 1.807) is 0 Å². The number of phenols is 1. The minimum absolute atomic E-state index is 0. The van der Waals surface area contributed by atoms with Crippen molar-refractivity contribution in [2.45, 2.75) is 26.3 Å². The van der Waals surface area contributed by atoms with E-state index < -0.39 is 0 Å². The maximum absolute atomic E-state index is 9.89. The number of benzene rings is 1. The first-order chi connectivity index (χ1) is 6.97. The molecular weight excluding hydrogens is 357 g/mol. The molecule has 0 heterocycles. The molecule has 0 aromatic heterocycles. The van der Waals surface area contributed by atoms with Gasteiger partial charge in [0.1, 0.15) is 5.75 Å². The van der Waals surface area contributed by atoms with Gasteiger partial charge < -0.3 is 10.8 Å². The predicted molar refractivity (Wildman–Crippen MR) is 77.1 cm³/mol. The SMILES string of the molecule is CCC(C)[C@H](N)c1cc(Br)cc(Br)c1O.Cl. The summed E-state index contributed by atoms with van der Waals surface area (Å²) in [7, 11) is 0. The summed E-state index contributed by atoms with van der Waals surface area (Å²) in [4.78, 5) is 0. The second-order valence-electron chi connectivity index (χ2n) is 3.74. The molecule has 3 N–H and O–H groups in total. The Balaban J connectivity index is 0.00000225. The normalized spacial score (nSPS) is 14.1. The molecule has 2 nitrogen and oxygen atoms in total. The number of aromatic hydroxyl groups is 1. The lowest BCUT2D eigenvalue weighted by Gasteiger charge is -2.20. The van der Waals surface area contributed by atoms with Crippen LogP contribution in [0.5, 0.6) is 5.75 Å². The molecule has 1 aromatic rings. The van der Waals surface area contributed by atoms with Gasteiger partial charge in [0, 0.05) is 16.1 Å². The highest BCUT2D eigenvalue weighted by atomic mass is 79.9. The fourth-order valence-corrected chi connectivity index (χ4v) is 2.66. The van der Waals surface area contributed by atoms with E-state index in [0.29, 0.717) is 10.4 Å². The van der Waals surface area contributed by atoms with Crippen molar-refractivity contribution in [3.63, 3.8) is 0 Å². The van der Waals surface area contributed by atoms with E-state index in [1.807, 2.05) is 12.1 Å². The van der Waals surface area contributed by atoms with Crippen LogP contribution in [0.3, 0.4) is 0 Å². The van der Waals surface area contributed by atoms with Crippen LogP contribution in [0, 0.1) is 5.92 Å². The summed E-state index contributed by atoms with van der Waals surface area (Å²) in [6, 6.07) is 3.54. The lowest BCUT2D eigenvalue weighted by Crippen LogP contribution is -2.18. The molecule has 5 heteroatoms. The van der Waals surface area contributed by atoms with Gasteiger partial charge in [-0.3, -0.25) is 0 Å². The van der Waals surface area contributed by atoms with Gasteiger partial charge in [-0.05, 0) is 34.0 Å². The third-order valence-electron chi connectivity index (χ3n) is 2.67. The second kappa shape index (κ2) is 6.84. The molecule has 1 unspecified atom stereocenters. The number of hydrogen-bond donors (Lipinski definition) is 2. The van der Waals surface area contributed by atoms with Crippen LogP contribution in [0.2, 0.25) is 0 Å². The van der Waals surface area contributed by atoms with E-state index in [1.165, 1.54) is 0 Å². The zero-order valence-electron chi connectivity index (χ0n) is 9.21. The van der Waals surface area contributed by atoms with Crippen molar-refractivity contribution < 1.29 is 5.11 Å². The summed E-state index contributed by atoms with van der Waals surface area (Å²) in [5, 5.41) is 9.89. The van der Waals surface area contributed by atoms with Crippen LogP contribution in [-0.2, 0) is 0 Å². The van der Waals surface area contributed by atoms with Crippen molar-refractivity contribution in [1.29, 1.82) is 0 Å². The molecule has 2 atom stereocenters. The minimum Gasteiger partial charge on any atom is -0.506 e. The first kappa shape index (κ1) is 16.2. The molecule has 0 fully saturated rings. The summed E-state index contributed by atoms with van der Waals surface area (Å²) < 4.78 is 1.59. The Morgan fingerprint density at radius 1 is 1.38 bits per heavy atom. The smallest absolute Gasteiger partial charge is 0.134 e. The first-order valence-corrected chi connectivity index (χ1v) is 6.49. The summed E-state index contributed by atoms with van der Waals surface area (Å²) in [6.07, 6.45) is 0.991. The van der Waals surface area contributed by atoms with E-state index in [4.69, 9.17) is 5.73 Å². The van der Waals surface area contributed by atoms with Gasteiger partial charge in [0.05, 0.1) is 4.47 Å². The van der Waals surface area contributed by atoms with Gasteiger partial charge in [0.15, 0.2) is 0 Å². The van der Waals surface area contributed by atoms with Gasteiger partial charge in [0.25, 0.3) is 0 Å². The van der Waals surface area contributed by atoms with Crippen molar-refractivity contribution in [2.75, 3.05) is 0 Å². The first-order valence-electron chi connectivity index (χ1n) is 4.90. The Bertz CT molecular complexity index is 360. The van der Waals surface area contributed by atoms with E-state index in [0.717, 1.165) is 16.5 Å². The van der Waals surface area contributed by atoms with E-state index >= 15 is 0 Å². The van der Waals surface area contributed by atoms with E-state index in [-0.39, 0.29) is 24.2 Å². The number of rotatable bonds is 3. The molecule has 1 aromatic carbocycles. The summed E-state index contributed by atoms with van der Waals surface area (Å²) >= 11 is 6.69. The Morgan fingerprint density at radius 2 is 1.94 bits per heavy atom. The molecule has 92 valence electrons. The van der Waals surface area contributed by atoms with Crippen molar-refractivity contribution in [1.82, 2.24) is 0 Å². The lowest BCUT2D eigenvalue weighted by atomic mass is 9.93. The molecule has 0 bridgehead atoms. The van der Waals surface area contributed by atoms with Crippen molar-refractivity contribution >= 4 is 44.3 Å². The third kappa shape index (κ3) is 3.62. The predicted octanol–water partition coefficient (Wildman–Crippen LogP) is 4.38. The molecule has 0 saturated heterocycles. The minimum atomic E-state index is -0.135. The largest absolute Gasteiger partial charge is 0.506 e. The Hall–Kier alpha value is 0.230. The van der Waals surface area contributed by atoms with Gasteiger partial charge >= 0.3 is 0 Å². The van der Waals surface area contributed by atoms with E-state index in [9.17, 15) is 5.11 Å².